The highest BCUT2D eigenvalue weighted by atomic mass is 16.5. The molecule has 0 N–H and O–H groups in total. The lowest BCUT2D eigenvalue weighted by atomic mass is 9.92. The number of ether oxygens (including phenoxy) is 1. The maximum absolute atomic E-state index is 9.01. The molecule has 3 heteroatoms. The molecule has 1 aromatic rings. The van der Waals surface area contributed by atoms with Gasteiger partial charge in [-0.05, 0) is 18.1 Å². The molecule has 0 aromatic heterocycles. The molecule has 15 heavy (non-hydrogen) atoms. The maximum atomic E-state index is 9.01. The third-order valence-electron chi connectivity index (χ3n) is 3.11. The third kappa shape index (κ3) is 1.25. The Morgan fingerprint density at radius 2 is 2.40 bits per heavy atom. The number of nitriles is 1. The zero-order valence-electron chi connectivity index (χ0n) is 8.44. The van der Waals surface area contributed by atoms with Gasteiger partial charge >= 0.3 is 0 Å². The second-order valence-electron chi connectivity index (χ2n) is 4.09. The Morgan fingerprint density at radius 3 is 3.27 bits per heavy atom. The number of hydrogen-bond acceptors (Lipinski definition) is 3. The first-order valence-corrected chi connectivity index (χ1v) is 5.28. The molecule has 3 nitrogen and oxygen atoms in total. The van der Waals surface area contributed by atoms with Crippen LogP contribution in [0.3, 0.4) is 0 Å². The van der Waals surface area contributed by atoms with E-state index >= 15 is 0 Å². The van der Waals surface area contributed by atoms with Gasteiger partial charge in [-0.1, -0.05) is 12.1 Å². The highest BCUT2D eigenvalue weighted by Gasteiger charge is 2.29. The number of para-hydroxylation sites is 1. The lowest BCUT2D eigenvalue weighted by molar-refractivity contribution is 0.301. The summed E-state index contributed by atoms with van der Waals surface area (Å²) in [5.41, 5.74) is 2.47. The second-order valence-corrected chi connectivity index (χ2v) is 4.09. The highest BCUT2D eigenvalue weighted by Crippen LogP contribution is 2.39. The van der Waals surface area contributed by atoms with Crippen molar-refractivity contribution in [2.45, 2.75) is 6.42 Å². The van der Waals surface area contributed by atoms with E-state index in [0.29, 0.717) is 0 Å². The molecule has 2 aliphatic heterocycles. The number of benzene rings is 1. The van der Waals surface area contributed by atoms with E-state index in [-0.39, 0.29) is 5.92 Å². The minimum atomic E-state index is 0.130. The second kappa shape index (κ2) is 3.16. The molecule has 0 spiro atoms. The molecular weight excluding hydrogens is 188 g/mol. The molecule has 76 valence electrons. The molecule has 3 rings (SSSR count). The van der Waals surface area contributed by atoms with Crippen LogP contribution >= 0.6 is 0 Å². The Morgan fingerprint density at radius 1 is 1.47 bits per heavy atom. The average molecular weight is 200 g/mol. The molecule has 0 saturated heterocycles. The molecule has 0 fully saturated rings. The van der Waals surface area contributed by atoms with Crippen LogP contribution in [0.25, 0.3) is 0 Å². The monoisotopic (exact) mass is 200 g/mol. The SMILES string of the molecule is N#CC1Cc2cccc3c2N(CCO3)C1. The fourth-order valence-electron chi connectivity index (χ4n) is 2.45. The summed E-state index contributed by atoms with van der Waals surface area (Å²) in [5.74, 6) is 1.11. The molecule has 1 unspecified atom stereocenters. The van der Waals surface area contributed by atoms with Crippen LogP contribution in [0, 0.1) is 17.2 Å². The summed E-state index contributed by atoms with van der Waals surface area (Å²) < 4.78 is 5.61. The minimum Gasteiger partial charge on any atom is -0.490 e. The summed E-state index contributed by atoms with van der Waals surface area (Å²) in [6.45, 7) is 2.49. The van der Waals surface area contributed by atoms with E-state index in [1.165, 1.54) is 11.3 Å². The van der Waals surface area contributed by atoms with Crippen molar-refractivity contribution < 1.29 is 4.74 Å². The summed E-state index contributed by atoms with van der Waals surface area (Å²) in [5, 5.41) is 9.01. The van der Waals surface area contributed by atoms with E-state index in [1.807, 2.05) is 12.1 Å². The molecule has 0 bridgehead atoms. The van der Waals surface area contributed by atoms with E-state index in [9.17, 15) is 0 Å². The van der Waals surface area contributed by atoms with E-state index in [2.05, 4.69) is 17.0 Å². The van der Waals surface area contributed by atoms with Crippen molar-refractivity contribution in [3.8, 4) is 11.8 Å². The molecule has 2 heterocycles. The van der Waals surface area contributed by atoms with Crippen LogP contribution in [0.2, 0.25) is 0 Å². The highest BCUT2D eigenvalue weighted by molar-refractivity contribution is 5.66. The van der Waals surface area contributed by atoms with Crippen molar-refractivity contribution in [1.82, 2.24) is 0 Å². The van der Waals surface area contributed by atoms with Crippen LogP contribution < -0.4 is 9.64 Å². The molecule has 1 aromatic carbocycles. The van der Waals surface area contributed by atoms with Gasteiger partial charge in [0.25, 0.3) is 0 Å². The number of hydrogen-bond donors (Lipinski definition) is 0. The van der Waals surface area contributed by atoms with Crippen LogP contribution in [0.1, 0.15) is 5.56 Å². The standard InChI is InChI=1S/C12H12N2O/c13-7-9-6-10-2-1-3-11-12(10)14(8-9)4-5-15-11/h1-3,9H,4-6,8H2. The molecule has 1 atom stereocenters. The van der Waals surface area contributed by atoms with Crippen LogP contribution in [0.5, 0.6) is 5.75 Å². The molecule has 0 radical (unpaired) electrons. The molecule has 0 aliphatic carbocycles. The zero-order valence-corrected chi connectivity index (χ0v) is 8.44. The first kappa shape index (κ1) is 8.60. The molecular formula is C12H12N2O. The van der Waals surface area contributed by atoms with Gasteiger partial charge in [0, 0.05) is 6.54 Å². The van der Waals surface area contributed by atoms with Crippen LogP contribution in [-0.4, -0.2) is 19.7 Å². The molecule has 0 saturated carbocycles. The fraction of sp³-hybridized carbons (Fsp3) is 0.417. The van der Waals surface area contributed by atoms with E-state index in [1.54, 1.807) is 0 Å². The van der Waals surface area contributed by atoms with E-state index in [4.69, 9.17) is 10.00 Å². The smallest absolute Gasteiger partial charge is 0.142 e. The van der Waals surface area contributed by atoms with Crippen molar-refractivity contribution in [1.29, 1.82) is 5.26 Å². The number of anilines is 1. The van der Waals surface area contributed by atoms with Crippen molar-refractivity contribution in [2.24, 2.45) is 5.92 Å². The fourth-order valence-corrected chi connectivity index (χ4v) is 2.45. The summed E-state index contributed by atoms with van der Waals surface area (Å²) in [7, 11) is 0. The van der Waals surface area contributed by atoms with Gasteiger partial charge in [-0.2, -0.15) is 5.26 Å². The van der Waals surface area contributed by atoms with Crippen LogP contribution in [0.15, 0.2) is 18.2 Å². The van der Waals surface area contributed by atoms with Crippen LogP contribution in [0.4, 0.5) is 5.69 Å². The lowest BCUT2D eigenvalue weighted by Gasteiger charge is -2.37. The third-order valence-corrected chi connectivity index (χ3v) is 3.11. The van der Waals surface area contributed by atoms with E-state index < -0.39 is 0 Å². The first-order valence-electron chi connectivity index (χ1n) is 5.28. The minimum absolute atomic E-state index is 0.130. The van der Waals surface area contributed by atoms with Gasteiger partial charge < -0.3 is 9.64 Å². The Hall–Kier alpha value is -1.69. The Kier molecular flexibility index (Phi) is 1.81. The van der Waals surface area contributed by atoms with Gasteiger partial charge in [0.15, 0.2) is 0 Å². The summed E-state index contributed by atoms with van der Waals surface area (Å²) in [6.07, 6.45) is 0.861. The van der Waals surface area contributed by atoms with Crippen molar-refractivity contribution in [2.75, 3.05) is 24.6 Å². The van der Waals surface area contributed by atoms with Crippen molar-refractivity contribution in [3.63, 3.8) is 0 Å². The topological polar surface area (TPSA) is 36.3 Å². The quantitative estimate of drug-likeness (QED) is 0.638. The largest absolute Gasteiger partial charge is 0.490 e. The lowest BCUT2D eigenvalue weighted by Crippen LogP contribution is -2.40. The summed E-state index contributed by atoms with van der Waals surface area (Å²) in [4.78, 5) is 2.28. The van der Waals surface area contributed by atoms with Crippen molar-refractivity contribution in [3.05, 3.63) is 23.8 Å². The summed E-state index contributed by atoms with van der Waals surface area (Å²) >= 11 is 0. The number of rotatable bonds is 0. The van der Waals surface area contributed by atoms with Gasteiger partial charge in [-0.15, -0.1) is 0 Å². The van der Waals surface area contributed by atoms with Crippen LogP contribution in [-0.2, 0) is 6.42 Å². The summed E-state index contributed by atoms with van der Waals surface area (Å²) in [6, 6.07) is 8.49. The Bertz CT molecular complexity index is 436. The Balaban J connectivity index is 2.11. The Labute approximate surface area is 88.9 Å². The van der Waals surface area contributed by atoms with Crippen molar-refractivity contribution >= 4 is 5.69 Å². The van der Waals surface area contributed by atoms with Gasteiger partial charge in [0.2, 0.25) is 0 Å². The maximum Gasteiger partial charge on any atom is 0.142 e. The molecule has 2 aliphatic rings. The predicted octanol–water partition coefficient (Wildman–Crippen LogP) is 1.58. The molecule has 0 amide bonds. The van der Waals surface area contributed by atoms with E-state index in [0.717, 1.165) is 31.9 Å². The van der Waals surface area contributed by atoms with Gasteiger partial charge in [-0.25, -0.2) is 0 Å². The number of nitrogens with zero attached hydrogens (tertiary/aromatic N) is 2. The van der Waals surface area contributed by atoms with Gasteiger partial charge in [-0.3, -0.25) is 0 Å². The van der Waals surface area contributed by atoms with Gasteiger partial charge in [0.1, 0.15) is 12.4 Å². The zero-order chi connectivity index (χ0) is 10.3. The van der Waals surface area contributed by atoms with Gasteiger partial charge in [0.05, 0.1) is 24.2 Å². The average Bonchev–Trinajstić information content (AvgIpc) is 2.29. The predicted molar refractivity (Wildman–Crippen MR) is 57.0 cm³/mol. The first-order chi connectivity index (χ1) is 7.38. The normalized spacial score (nSPS) is 22.6.